The topological polar surface area (TPSA) is 70.6 Å². The number of amides is 1. The molecule has 2 aromatic carbocycles. The van der Waals surface area contributed by atoms with Crippen LogP contribution < -0.4 is 4.90 Å². The van der Waals surface area contributed by atoms with Crippen LogP contribution in [-0.2, 0) is 9.84 Å². The summed E-state index contributed by atoms with van der Waals surface area (Å²) >= 11 is 7.59. The molecule has 1 aromatic heterocycles. The van der Waals surface area contributed by atoms with E-state index in [-0.39, 0.29) is 22.9 Å². The van der Waals surface area contributed by atoms with Gasteiger partial charge in [0, 0.05) is 19.3 Å². The molecule has 10 heteroatoms. The zero-order chi connectivity index (χ0) is 20.5. The summed E-state index contributed by atoms with van der Waals surface area (Å²) in [6.45, 7) is 0.956. The van der Waals surface area contributed by atoms with Crippen molar-refractivity contribution in [2.24, 2.45) is 0 Å². The summed E-state index contributed by atoms with van der Waals surface area (Å²) in [6.07, 6.45) is 1.10. The molecule has 0 aliphatic heterocycles. The van der Waals surface area contributed by atoms with Crippen molar-refractivity contribution in [3.8, 4) is 0 Å². The van der Waals surface area contributed by atoms with E-state index in [4.69, 9.17) is 11.6 Å². The van der Waals surface area contributed by atoms with Crippen LogP contribution in [0.2, 0.25) is 5.02 Å². The van der Waals surface area contributed by atoms with Gasteiger partial charge >= 0.3 is 0 Å². The third-order valence-corrected chi connectivity index (χ3v) is 6.63. The number of halogens is 2. The van der Waals surface area contributed by atoms with Gasteiger partial charge in [-0.25, -0.2) is 13.4 Å². The molecule has 0 atom stereocenters. The minimum absolute atomic E-state index is 0. The maximum Gasteiger partial charge on any atom is 0.261 e. The minimum Gasteiger partial charge on any atom is -0.308 e. The fourth-order valence-corrected chi connectivity index (χ4v) is 4.89. The molecule has 0 saturated heterocycles. The second kappa shape index (κ2) is 9.40. The van der Waals surface area contributed by atoms with Crippen molar-refractivity contribution in [2.75, 3.05) is 38.3 Å². The first-order chi connectivity index (χ1) is 13.2. The molecule has 1 heterocycles. The second-order valence-electron chi connectivity index (χ2n) is 6.61. The first-order valence-electron chi connectivity index (χ1n) is 8.49. The zero-order valence-electron chi connectivity index (χ0n) is 16.1. The van der Waals surface area contributed by atoms with Crippen LogP contribution in [0.3, 0.4) is 0 Å². The Morgan fingerprint density at radius 2 is 1.79 bits per heavy atom. The average Bonchev–Trinajstić information content (AvgIpc) is 3.06. The number of hydrogen-bond acceptors (Lipinski definition) is 6. The number of anilines is 1. The van der Waals surface area contributed by atoms with E-state index < -0.39 is 15.7 Å². The summed E-state index contributed by atoms with van der Waals surface area (Å²) in [7, 11) is 0.257. The number of likely N-dealkylation sites (N-methyl/N-ethyl adjacent to an activating group) is 1. The highest BCUT2D eigenvalue weighted by Crippen LogP contribution is 2.33. The highest BCUT2D eigenvalue weighted by atomic mass is 35.5. The van der Waals surface area contributed by atoms with E-state index in [1.807, 2.05) is 31.1 Å². The number of fused-ring (bicyclic) bond motifs is 1. The number of carbonyl (C=O) groups excluding carboxylic acids is 1. The highest BCUT2D eigenvalue weighted by molar-refractivity contribution is 7.90. The summed E-state index contributed by atoms with van der Waals surface area (Å²) in [5.41, 5.74) is 0.761. The molecule has 3 rings (SSSR count). The van der Waals surface area contributed by atoms with Gasteiger partial charge in [0.25, 0.3) is 5.91 Å². The molecule has 0 fully saturated rings. The SMILES string of the molecule is CN(C)CCN(C(=O)c1ccccc1S(C)(=O)=O)c1nc2c(Cl)cccc2s1.Cl. The Labute approximate surface area is 185 Å². The Bertz CT molecular complexity index is 1130. The molecular weight excluding hydrogens is 453 g/mol. The third-order valence-electron chi connectivity index (χ3n) is 4.12. The number of thiazole rings is 1. The fourth-order valence-electron chi connectivity index (χ4n) is 2.71. The van der Waals surface area contributed by atoms with Gasteiger partial charge in [-0.15, -0.1) is 12.4 Å². The van der Waals surface area contributed by atoms with Gasteiger partial charge in [-0.2, -0.15) is 0 Å². The van der Waals surface area contributed by atoms with Crippen LogP contribution in [0.1, 0.15) is 10.4 Å². The van der Waals surface area contributed by atoms with Crippen molar-refractivity contribution in [3.63, 3.8) is 0 Å². The molecule has 0 aliphatic carbocycles. The Kier molecular flexibility index (Phi) is 7.64. The van der Waals surface area contributed by atoms with Crippen molar-refractivity contribution in [1.82, 2.24) is 9.88 Å². The summed E-state index contributed by atoms with van der Waals surface area (Å²) in [5, 5.41) is 0.995. The first-order valence-corrected chi connectivity index (χ1v) is 11.6. The molecule has 156 valence electrons. The molecule has 29 heavy (non-hydrogen) atoms. The number of sulfone groups is 1. The van der Waals surface area contributed by atoms with Crippen LogP contribution in [0, 0.1) is 0 Å². The number of hydrogen-bond donors (Lipinski definition) is 0. The molecule has 0 unspecified atom stereocenters. The molecule has 0 spiro atoms. The predicted molar refractivity (Wildman–Crippen MR) is 122 cm³/mol. The van der Waals surface area contributed by atoms with Gasteiger partial charge in [0.2, 0.25) is 0 Å². The zero-order valence-corrected chi connectivity index (χ0v) is 19.3. The van der Waals surface area contributed by atoms with E-state index in [2.05, 4.69) is 4.98 Å². The molecule has 0 N–H and O–H groups in total. The Morgan fingerprint density at radius 3 is 2.41 bits per heavy atom. The molecule has 3 aromatic rings. The van der Waals surface area contributed by atoms with Crippen molar-refractivity contribution in [2.45, 2.75) is 4.90 Å². The van der Waals surface area contributed by atoms with E-state index in [9.17, 15) is 13.2 Å². The lowest BCUT2D eigenvalue weighted by molar-refractivity contribution is 0.0982. The highest BCUT2D eigenvalue weighted by Gasteiger charge is 2.26. The predicted octanol–water partition coefficient (Wildman–Crippen LogP) is 3.98. The summed E-state index contributed by atoms with van der Waals surface area (Å²) in [5.74, 6) is -0.405. The van der Waals surface area contributed by atoms with Gasteiger partial charge in [0.05, 0.1) is 20.2 Å². The number of benzene rings is 2. The van der Waals surface area contributed by atoms with Crippen LogP contribution in [0.15, 0.2) is 47.4 Å². The van der Waals surface area contributed by atoms with Crippen LogP contribution in [-0.4, -0.2) is 57.6 Å². The fraction of sp³-hybridized carbons (Fsp3) is 0.263. The molecule has 1 amide bonds. The van der Waals surface area contributed by atoms with Crippen molar-refractivity contribution in [1.29, 1.82) is 0 Å². The Balaban J connectivity index is 0.00000300. The second-order valence-corrected chi connectivity index (χ2v) is 10.0. The molecule has 0 aliphatic rings. The number of aromatic nitrogens is 1. The van der Waals surface area contributed by atoms with Crippen LogP contribution >= 0.6 is 35.3 Å². The van der Waals surface area contributed by atoms with Gasteiger partial charge < -0.3 is 4.90 Å². The quantitative estimate of drug-likeness (QED) is 0.541. The molecule has 6 nitrogen and oxygen atoms in total. The summed E-state index contributed by atoms with van der Waals surface area (Å²) < 4.78 is 25.2. The van der Waals surface area contributed by atoms with E-state index in [1.165, 1.54) is 28.4 Å². The number of para-hydroxylation sites is 1. The van der Waals surface area contributed by atoms with Crippen LogP contribution in [0.5, 0.6) is 0 Å². The standard InChI is InChI=1S/C19H20ClN3O3S2.ClH/c1-22(2)11-12-23(19-21-17-14(20)8-6-9-15(17)27-19)18(24)13-7-4-5-10-16(13)28(3,25)26;/h4-10H,11-12H2,1-3H3;1H. The van der Waals surface area contributed by atoms with Crippen molar-refractivity contribution < 1.29 is 13.2 Å². The van der Waals surface area contributed by atoms with E-state index >= 15 is 0 Å². The smallest absolute Gasteiger partial charge is 0.261 e. The minimum atomic E-state index is -3.55. The van der Waals surface area contributed by atoms with Crippen LogP contribution in [0.25, 0.3) is 10.2 Å². The van der Waals surface area contributed by atoms with Gasteiger partial charge in [0.15, 0.2) is 15.0 Å². The van der Waals surface area contributed by atoms with Gasteiger partial charge in [-0.3, -0.25) is 9.69 Å². The Morgan fingerprint density at radius 1 is 1.10 bits per heavy atom. The first kappa shape index (κ1) is 23.6. The third kappa shape index (κ3) is 5.26. The summed E-state index contributed by atoms with van der Waals surface area (Å²) in [6, 6.07) is 11.7. The summed E-state index contributed by atoms with van der Waals surface area (Å²) in [4.78, 5) is 21.4. The lowest BCUT2D eigenvalue weighted by atomic mass is 10.2. The molecule has 0 saturated carbocycles. The lowest BCUT2D eigenvalue weighted by Crippen LogP contribution is -2.37. The van der Waals surface area contributed by atoms with Gasteiger partial charge in [-0.05, 0) is 38.4 Å². The van der Waals surface area contributed by atoms with E-state index in [0.717, 1.165) is 11.0 Å². The molecular formula is C19H21Cl2N3O3S2. The maximum atomic E-state index is 13.4. The Hall–Kier alpha value is -1.71. The molecule has 0 radical (unpaired) electrons. The number of rotatable bonds is 6. The lowest BCUT2D eigenvalue weighted by Gasteiger charge is -2.22. The number of nitrogens with zero attached hydrogens (tertiary/aromatic N) is 3. The van der Waals surface area contributed by atoms with Crippen molar-refractivity contribution >= 4 is 66.4 Å². The van der Waals surface area contributed by atoms with E-state index in [1.54, 1.807) is 18.2 Å². The monoisotopic (exact) mass is 473 g/mol. The number of carbonyl (C=O) groups is 1. The van der Waals surface area contributed by atoms with Crippen LogP contribution in [0.4, 0.5) is 5.13 Å². The van der Waals surface area contributed by atoms with Crippen molar-refractivity contribution in [3.05, 3.63) is 53.1 Å². The normalized spacial score (nSPS) is 11.5. The van der Waals surface area contributed by atoms with E-state index in [0.29, 0.717) is 28.8 Å². The maximum absolute atomic E-state index is 13.4. The van der Waals surface area contributed by atoms with Gasteiger partial charge in [0.1, 0.15) is 5.52 Å². The largest absolute Gasteiger partial charge is 0.308 e. The average molecular weight is 474 g/mol. The van der Waals surface area contributed by atoms with Gasteiger partial charge in [-0.1, -0.05) is 41.1 Å². The molecule has 0 bridgehead atoms.